The number of rotatable bonds is 4. The minimum Gasteiger partial charge on any atom is -0.391 e. The number of ether oxygens (including phenoxy) is 2. The van der Waals surface area contributed by atoms with Crippen molar-refractivity contribution in [3.63, 3.8) is 0 Å². The SMILES string of the molecule is CSc1nc(Cl)c(CO)c(CC2(O)CCCCC23OCCO3)n1. The van der Waals surface area contributed by atoms with Gasteiger partial charge in [-0.1, -0.05) is 29.8 Å². The summed E-state index contributed by atoms with van der Waals surface area (Å²) in [6.07, 6.45) is 5.15. The number of aromatic nitrogens is 2. The molecular weight excluding hydrogens is 340 g/mol. The van der Waals surface area contributed by atoms with Gasteiger partial charge in [-0.25, -0.2) is 9.97 Å². The van der Waals surface area contributed by atoms with Crippen LogP contribution < -0.4 is 0 Å². The molecule has 23 heavy (non-hydrogen) atoms. The van der Waals surface area contributed by atoms with Crippen molar-refractivity contribution < 1.29 is 19.7 Å². The van der Waals surface area contributed by atoms with E-state index in [1.54, 1.807) is 0 Å². The Hall–Kier alpha value is -0.440. The Labute approximate surface area is 144 Å². The zero-order chi connectivity index (χ0) is 16.5. The highest BCUT2D eigenvalue weighted by atomic mass is 35.5. The van der Waals surface area contributed by atoms with Crippen molar-refractivity contribution in [2.45, 2.75) is 55.3 Å². The largest absolute Gasteiger partial charge is 0.391 e. The van der Waals surface area contributed by atoms with E-state index in [0.29, 0.717) is 42.5 Å². The average molecular weight is 361 g/mol. The molecule has 2 fully saturated rings. The van der Waals surface area contributed by atoms with Crippen LogP contribution in [0.1, 0.15) is 36.9 Å². The average Bonchev–Trinajstić information content (AvgIpc) is 3.00. The van der Waals surface area contributed by atoms with Gasteiger partial charge in [-0.2, -0.15) is 0 Å². The first-order valence-electron chi connectivity index (χ1n) is 7.74. The lowest BCUT2D eigenvalue weighted by Crippen LogP contribution is -2.58. The van der Waals surface area contributed by atoms with Crippen molar-refractivity contribution in [1.82, 2.24) is 9.97 Å². The maximum Gasteiger partial charge on any atom is 0.197 e. The monoisotopic (exact) mass is 360 g/mol. The van der Waals surface area contributed by atoms with Crippen LogP contribution in [0.5, 0.6) is 0 Å². The van der Waals surface area contributed by atoms with Crippen LogP contribution in [0.4, 0.5) is 0 Å². The van der Waals surface area contributed by atoms with E-state index >= 15 is 0 Å². The van der Waals surface area contributed by atoms with Gasteiger partial charge >= 0.3 is 0 Å². The van der Waals surface area contributed by atoms with Crippen molar-refractivity contribution in [2.24, 2.45) is 0 Å². The summed E-state index contributed by atoms with van der Waals surface area (Å²) < 4.78 is 11.6. The van der Waals surface area contributed by atoms with E-state index < -0.39 is 11.4 Å². The molecule has 1 spiro atoms. The number of thioether (sulfide) groups is 1. The molecule has 1 atom stereocenters. The van der Waals surface area contributed by atoms with Crippen LogP contribution in [0, 0.1) is 0 Å². The van der Waals surface area contributed by atoms with Gasteiger partial charge in [-0.05, 0) is 19.1 Å². The molecule has 1 saturated carbocycles. The van der Waals surface area contributed by atoms with Crippen molar-refractivity contribution >= 4 is 23.4 Å². The summed E-state index contributed by atoms with van der Waals surface area (Å²) in [7, 11) is 0. The number of aliphatic hydroxyl groups excluding tert-OH is 1. The van der Waals surface area contributed by atoms with Gasteiger partial charge in [0, 0.05) is 18.4 Å². The van der Waals surface area contributed by atoms with Crippen LogP contribution in [0.3, 0.4) is 0 Å². The smallest absolute Gasteiger partial charge is 0.197 e. The second kappa shape index (κ2) is 6.82. The Morgan fingerprint density at radius 3 is 2.57 bits per heavy atom. The molecule has 2 N–H and O–H groups in total. The molecule has 8 heteroatoms. The fourth-order valence-electron chi connectivity index (χ4n) is 3.44. The lowest BCUT2D eigenvalue weighted by molar-refractivity contribution is -0.285. The Morgan fingerprint density at radius 2 is 1.91 bits per heavy atom. The van der Waals surface area contributed by atoms with Gasteiger partial charge in [0.25, 0.3) is 0 Å². The van der Waals surface area contributed by atoms with Crippen LogP contribution in [-0.4, -0.2) is 51.0 Å². The zero-order valence-electron chi connectivity index (χ0n) is 13.0. The van der Waals surface area contributed by atoms with Gasteiger partial charge in [0.05, 0.1) is 25.5 Å². The fraction of sp³-hybridized carbons (Fsp3) is 0.733. The molecule has 1 saturated heterocycles. The third-order valence-corrected chi connectivity index (χ3v) is 5.49. The van der Waals surface area contributed by atoms with Crippen LogP contribution in [0.25, 0.3) is 0 Å². The van der Waals surface area contributed by atoms with E-state index in [2.05, 4.69) is 9.97 Å². The van der Waals surface area contributed by atoms with Gasteiger partial charge in [0.15, 0.2) is 10.9 Å². The fourth-order valence-corrected chi connectivity index (χ4v) is 4.12. The first-order chi connectivity index (χ1) is 11.0. The number of aliphatic hydroxyl groups is 2. The molecular formula is C15H21ClN2O4S. The number of hydrogen-bond donors (Lipinski definition) is 2. The minimum atomic E-state index is -1.18. The summed E-state index contributed by atoms with van der Waals surface area (Å²) in [6, 6.07) is 0. The molecule has 128 valence electrons. The van der Waals surface area contributed by atoms with E-state index in [1.807, 2.05) is 6.26 Å². The Morgan fingerprint density at radius 1 is 1.22 bits per heavy atom. The second-order valence-electron chi connectivity index (χ2n) is 5.95. The molecule has 1 aliphatic heterocycles. The van der Waals surface area contributed by atoms with Crippen LogP contribution >= 0.6 is 23.4 Å². The summed E-state index contributed by atoms with van der Waals surface area (Å²) >= 11 is 7.53. The predicted molar refractivity (Wildman–Crippen MR) is 86.5 cm³/mol. The van der Waals surface area contributed by atoms with Gasteiger partial charge in [0.1, 0.15) is 10.8 Å². The van der Waals surface area contributed by atoms with Gasteiger partial charge in [0.2, 0.25) is 0 Å². The molecule has 2 heterocycles. The molecule has 0 aromatic carbocycles. The normalized spacial score (nSPS) is 26.8. The molecule has 6 nitrogen and oxygen atoms in total. The van der Waals surface area contributed by atoms with Gasteiger partial charge < -0.3 is 19.7 Å². The molecule has 0 bridgehead atoms. The molecule has 1 aromatic rings. The third kappa shape index (κ3) is 3.10. The van der Waals surface area contributed by atoms with Crippen LogP contribution in [-0.2, 0) is 22.5 Å². The minimum absolute atomic E-state index is 0.221. The van der Waals surface area contributed by atoms with E-state index in [4.69, 9.17) is 21.1 Å². The van der Waals surface area contributed by atoms with Crippen LogP contribution in [0.2, 0.25) is 5.15 Å². The quantitative estimate of drug-likeness (QED) is 0.482. The number of halogens is 1. The summed E-state index contributed by atoms with van der Waals surface area (Å²) in [5.41, 5.74) is -0.171. The highest BCUT2D eigenvalue weighted by Crippen LogP contribution is 2.45. The maximum absolute atomic E-state index is 11.3. The van der Waals surface area contributed by atoms with Gasteiger partial charge in [-0.15, -0.1) is 0 Å². The second-order valence-corrected chi connectivity index (χ2v) is 7.08. The zero-order valence-corrected chi connectivity index (χ0v) is 14.6. The lowest BCUT2D eigenvalue weighted by Gasteiger charge is -2.46. The first kappa shape index (κ1) is 17.4. The van der Waals surface area contributed by atoms with Crippen molar-refractivity contribution in [3.05, 3.63) is 16.4 Å². The molecule has 3 rings (SSSR count). The lowest BCUT2D eigenvalue weighted by atomic mass is 9.75. The third-order valence-electron chi connectivity index (χ3n) is 4.63. The summed E-state index contributed by atoms with van der Waals surface area (Å²) in [4.78, 5) is 8.59. The maximum atomic E-state index is 11.3. The number of nitrogens with zero attached hydrogens (tertiary/aromatic N) is 2. The Kier molecular flexibility index (Phi) is 5.15. The van der Waals surface area contributed by atoms with E-state index in [1.165, 1.54) is 11.8 Å². The van der Waals surface area contributed by atoms with E-state index in [9.17, 15) is 10.2 Å². The summed E-state index contributed by atoms with van der Waals surface area (Å²) in [5, 5.41) is 21.7. The highest BCUT2D eigenvalue weighted by Gasteiger charge is 2.56. The molecule has 0 amide bonds. The van der Waals surface area contributed by atoms with Gasteiger partial charge in [-0.3, -0.25) is 0 Å². The highest BCUT2D eigenvalue weighted by molar-refractivity contribution is 7.98. The molecule has 1 aromatic heterocycles. The number of hydrogen-bond acceptors (Lipinski definition) is 7. The Bertz CT molecular complexity index is 583. The molecule has 1 unspecified atom stereocenters. The van der Waals surface area contributed by atoms with Crippen molar-refractivity contribution in [2.75, 3.05) is 19.5 Å². The van der Waals surface area contributed by atoms with Crippen LogP contribution in [0.15, 0.2) is 5.16 Å². The molecule has 0 radical (unpaired) electrons. The predicted octanol–water partition coefficient (Wildman–Crippen LogP) is 1.93. The standard InChI is InChI=1S/C15H21ClN2O4S/c1-23-13-17-11(10(9-19)12(16)18-13)8-14(20)4-2-3-5-15(14)21-6-7-22-15/h19-20H,2-9H2,1H3. The summed E-state index contributed by atoms with van der Waals surface area (Å²) in [6.45, 7) is 0.694. The topological polar surface area (TPSA) is 84.7 Å². The van der Waals surface area contributed by atoms with E-state index in [0.717, 1.165) is 12.8 Å². The Balaban J connectivity index is 1.97. The first-order valence-corrected chi connectivity index (χ1v) is 9.34. The molecule has 1 aliphatic carbocycles. The van der Waals surface area contributed by atoms with Crippen molar-refractivity contribution in [1.29, 1.82) is 0 Å². The summed E-state index contributed by atoms with van der Waals surface area (Å²) in [5.74, 6) is -0.977. The molecule has 2 aliphatic rings. The van der Waals surface area contributed by atoms with Crippen molar-refractivity contribution in [3.8, 4) is 0 Å². The van der Waals surface area contributed by atoms with E-state index in [-0.39, 0.29) is 18.2 Å².